The number of halogens is 3. The predicted octanol–water partition coefficient (Wildman–Crippen LogP) is 2.79. The van der Waals surface area contributed by atoms with Crippen molar-refractivity contribution in [3.8, 4) is 11.1 Å². The van der Waals surface area contributed by atoms with E-state index in [4.69, 9.17) is 4.42 Å². The number of nitrogens with zero attached hydrogens (tertiary/aromatic N) is 2. The van der Waals surface area contributed by atoms with Gasteiger partial charge in [0.05, 0.1) is 5.52 Å². The quantitative estimate of drug-likeness (QED) is 0.787. The molecule has 0 saturated heterocycles. The summed E-state index contributed by atoms with van der Waals surface area (Å²) in [7, 11) is 1.53. The van der Waals surface area contributed by atoms with Crippen LogP contribution in [0.4, 0.5) is 13.2 Å². The summed E-state index contributed by atoms with van der Waals surface area (Å²) in [4.78, 5) is 15.2. The molecule has 0 aliphatic carbocycles. The zero-order valence-electron chi connectivity index (χ0n) is 11.8. The van der Waals surface area contributed by atoms with E-state index in [1.54, 1.807) is 18.2 Å². The van der Waals surface area contributed by atoms with Crippen LogP contribution in [-0.2, 0) is 7.05 Å². The summed E-state index contributed by atoms with van der Waals surface area (Å²) < 4.78 is 44.1. The fourth-order valence-corrected chi connectivity index (χ4v) is 2.26. The van der Waals surface area contributed by atoms with Crippen LogP contribution in [-0.4, -0.2) is 20.8 Å². The molecule has 0 aliphatic heterocycles. The zero-order valence-corrected chi connectivity index (χ0v) is 11.8. The number of aryl methyl sites for hydroxylation is 1. The van der Waals surface area contributed by atoms with Crippen molar-refractivity contribution in [1.29, 1.82) is 0 Å². The van der Waals surface area contributed by atoms with E-state index in [1.165, 1.54) is 23.9 Å². The monoisotopic (exact) mass is 324 g/mol. The lowest BCUT2D eigenvalue weighted by atomic mass is 10.0. The third-order valence-corrected chi connectivity index (χ3v) is 3.51. The van der Waals surface area contributed by atoms with Crippen molar-refractivity contribution in [2.24, 2.45) is 7.05 Å². The van der Waals surface area contributed by atoms with Crippen LogP contribution in [0.3, 0.4) is 0 Å². The van der Waals surface area contributed by atoms with Gasteiger partial charge in [-0.25, -0.2) is 4.79 Å². The summed E-state index contributed by atoms with van der Waals surface area (Å²) >= 11 is 0. The van der Waals surface area contributed by atoms with Gasteiger partial charge in [0.1, 0.15) is 0 Å². The van der Waals surface area contributed by atoms with E-state index < -0.39 is 18.0 Å². The highest BCUT2D eigenvalue weighted by Gasteiger charge is 2.39. The average molecular weight is 324 g/mol. The minimum absolute atomic E-state index is 0.351. The molecule has 1 N–H and O–H groups in total. The van der Waals surface area contributed by atoms with Crippen LogP contribution in [0.2, 0.25) is 0 Å². The second-order valence-corrected chi connectivity index (χ2v) is 5.06. The number of alkyl halides is 3. The van der Waals surface area contributed by atoms with Gasteiger partial charge in [-0.1, -0.05) is 6.07 Å². The molecule has 8 heteroatoms. The number of hydrogen-bond donors (Lipinski definition) is 1. The number of benzene rings is 1. The number of pyridine rings is 1. The molecule has 0 fully saturated rings. The van der Waals surface area contributed by atoms with E-state index in [1.807, 2.05) is 0 Å². The maximum Gasteiger partial charge on any atom is 0.419 e. The predicted molar refractivity (Wildman–Crippen MR) is 75.7 cm³/mol. The Balaban J connectivity index is 2.08. The molecule has 0 saturated carbocycles. The molecule has 120 valence electrons. The Hall–Kier alpha value is -2.61. The van der Waals surface area contributed by atoms with Crippen LogP contribution in [0.1, 0.15) is 11.7 Å². The van der Waals surface area contributed by atoms with Crippen LogP contribution >= 0.6 is 0 Å². The lowest BCUT2D eigenvalue weighted by Gasteiger charge is -2.15. The fourth-order valence-electron chi connectivity index (χ4n) is 2.26. The lowest BCUT2D eigenvalue weighted by molar-refractivity contribution is -0.206. The van der Waals surface area contributed by atoms with Gasteiger partial charge >= 0.3 is 11.9 Å². The fraction of sp³-hybridized carbons (Fsp3) is 0.200. The van der Waals surface area contributed by atoms with Crippen molar-refractivity contribution in [3.63, 3.8) is 0 Å². The Labute approximate surface area is 127 Å². The molecule has 0 radical (unpaired) electrons. The summed E-state index contributed by atoms with van der Waals surface area (Å²) in [5, 5.41) is 9.32. The van der Waals surface area contributed by atoms with Crippen molar-refractivity contribution in [2.75, 3.05) is 0 Å². The number of fused-ring (bicyclic) bond motifs is 1. The first kappa shape index (κ1) is 15.3. The van der Waals surface area contributed by atoms with Gasteiger partial charge in [-0.05, 0) is 23.8 Å². The van der Waals surface area contributed by atoms with E-state index in [0.29, 0.717) is 22.2 Å². The van der Waals surface area contributed by atoms with Crippen molar-refractivity contribution >= 4 is 11.1 Å². The summed E-state index contributed by atoms with van der Waals surface area (Å²) in [5.41, 5.74) is 1.48. The van der Waals surface area contributed by atoms with Crippen LogP contribution in [0.5, 0.6) is 0 Å². The summed E-state index contributed by atoms with van der Waals surface area (Å²) in [6.07, 6.45) is -5.02. The standard InChI is InChI=1S/C15H11F3N2O3/c1-20-11-5-8(2-3-12(11)23-14(20)22)9-4-10(7-19-6-9)13(21)15(16,17)18/h2-7,13,21H,1H3. The van der Waals surface area contributed by atoms with Crippen molar-refractivity contribution in [3.05, 3.63) is 52.8 Å². The summed E-state index contributed by atoms with van der Waals surface area (Å²) in [6, 6.07) is 5.98. The van der Waals surface area contributed by atoms with E-state index in [-0.39, 0.29) is 5.56 Å². The first-order valence-corrected chi connectivity index (χ1v) is 6.57. The zero-order chi connectivity index (χ0) is 16.8. The van der Waals surface area contributed by atoms with Gasteiger partial charge in [0.15, 0.2) is 11.7 Å². The summed E-state index contributed by atoms with van der Waals surface area (Å²) in [5.74, 6) is -0.531. The van der Waals surface area contributed by atoms with Gasteiger partial charge in [-0.15, -0.1) is 0 Å². The third-order valence-electron chi connectivity index (χ3n) is 3.51. The maximum absolute atomic E-state index is 12.6. The molecule has 3 aromatic rings. The Morgan fingerprint density at radius 3 is 2.65 bits per heavy atom. The highest BCUT2D eigenvalue weighted by atomic mass is 19.4. The van der Waals surface area contributed by atoms with Gasteiger partial charge < -0.3 is 9.52 Å². The van der Waals surface area contributed by atoms with Crippen molar-refractivity contribution in [2.45, 2.75) is 12.3 Å². The first-order chi connectivity index (χ1) is 10.8. The van der Waals surface area contributed by atoms with Crippen molar-refractivity contribution in [1.82, 2.24) is 9.55 Å². The number of aromatic nitrogens is 2. The SMILES string of the molecule is Cn1c(=O)oc2ccc(-c3cncc(C(O)C(F)(F)F)c3)cc21. The Morgan fingerprint density at radius 2 is 1.96 bits per heavy atom. The molecular formula is C15H11F3N2O3. The van der Waals surface area contributed by atoms with Gasteiger partial charge in [-0.3, -0.25) is 9.55 Å². The summed E-state index contributed by atoms with van der Waals surface area (Å²) in [6.45, 7) is 0. The van der Waals surface area contributed by atoms with Crippen LogP contribution in [0.15, 0.2) is 45.9 Å². The van der Waals surface area contributed by atoms with Gasteiger partial charge in [-0.2, -0.15) is 13.2 Å². The molecule has 2 heterocycles. The molecule has 0 spiro atoms. The van der Waals surface area contributed by atoms with Crippen LogP contribution in [0, 0.1) is 0 Å². The van der Waals surface area contributed by atoms with Gasteiger partial charge in [0.2, 0.25) is 0 Å². The molecular weight excluding hydrogens is 313 g/mol. The molecule has 0 aliphatic rings. The van der Waals surface area contributed by atoms with Crippen molar-refractivity contribution < 1.29 is 22.7 Å². The lowest BCUT2D eigenvalue weighted by Crippen LogP contribution is -2.20. The maximum atomic E-state index is 12.6. The van der Waals surface area contributed by atoms with E-state index in [9.17, 15) is 23.1 Å². The number of oxazole rings is 1. The normalized spacial score (nSPS) is 13.4. The molecule has 2 aromatic heterocycles. The van der Waals surface area contributed by atoms with Crippen LogP contribution in [0.25, 0.3) is 22.2 Å². The second-order valence-electron chi connectivity index (χ2n) is 5.06. The minimum atomic E-state index is -4.77. The number of aliphatic hydroxyl groups is 1. The Bertz CT molecular complexity index is 928. The molecule has 1 atom stereocenters. The van der Waals surface area contributed by atoms with Gasteiger partial charge in [0.25, 0.3) is 0 Å². The van der Waals surface area contributed by atoms with E-state index in [0.717, 1.165) is 6.20 Å². The van der Waals surface area contributed by atoms with E-state index >= 15 is 0 Å². The largest absolute Gasteiger partial charge is 0.419 e. The topological polar surface area (TPSA) is 68.3 Å². The second kappa shape index (κ2) is 5.24. The highest BCUT2D eigenvalue weighted by molar-refractivity contribution is 5.80. The molecule has 23 heavy (non-hydrogen) atoms. The molecule has 0 amide bonds. The Morgan fingerprint density at radius 1 is 1.22 bits per heavy atom. The van der Waals surface area contributed by atoms with Gasteiger partial charge in [0, 0.05) is 30.6 Å². The number of rotatable bonds is 2. The molecule has 1 unspecified atom stereocenters. The average Bonchev–Trinajstić information content (AvgIpc) is 2.80. The highest BCUT2D eigenvalue weighted by Crippen LogP contribution is 2.34. The minimum Gasteiger partial charge on any atom is -0.408 e. The van der Waals surface area contributed by atoms with E-state index in [2.05, 4.69) is 4.98 Å². The Kier molecular flexibility index (Phi) is 3.48. The smallest absolute Gasteiger partial charge is 0.408 e. The van der Waals surface area contributed by atoms with Crippen LogP contribution < -0.4 is 5.76 Å². The number of hydrogen-bond acceptors (Lipinski definition) is 4. The first-order valence-electron chi connectivity index (χ1n) is 6.57. The molecule has 3 rings (SSSR count). The molecule has 0 bridgehead atoms. The third kappa shape index (κ3) is 2.72. The molecule has 5 nitrogen and oxygen atoms in total. The number of aliphatic hydroxyl groups excluding tert-OH is 1. The molecule has 1 aromatic carbocycles.